The highest BCUT2D eigenvalue weighted by atomic mass is 16.3. The summed E-state index contributed by atoms with van der Waals surface area (Å²) in [6, 6.07) is -0.387. The van der Waals surface area contributed by atoms with E-state index in [2.05, 4.69) is 19.2 Å². The van der Waals surface area contributed by atoms with Crippen LogP contribution in [0.2, 0.25) is 0 Å². The molecule has 0 saturated carbocycles. The maximum atomic E-state index is 11.4. The minimum absolute atomic E-state index is 0.0735. The van der Waals surface area contributed by atoms with E-state index in [1.165, 1.54) is 0 Å². The van der Waals surface area contributed by atoms with Gasteiger partial charge in [0.05, 0.1) is 6.61 Å². The lowest BCUT2D eigenvalue weighted by atomic mass is 9.93. The molecule has 0 aromatic carbocycles. The van der Waals surface area contributed by atoms with E-state index in [4.69, 9.17) is 5.11 Å². The predicted octanol–water partition coefficient (Wildman–Crippen LogP) is -0.565. The molecule has 1 saturated heterocycles. The first-order chi connectivity index (χ1) is 5.96. The minimum atomic E-state index is -0.387. The maximum Gasteiger partial charge on any atom is 0.239 e. The van der Waals surface area contributed by atoms with Crippen molar-refractivity contribution in [2.75, 3.05) is 26.7 Å². The molecule has 1 aliphatic heterocycles. The molecule has 4 heteroatoms. The van der Waals surface area contributed by atoms with Gasteiger partial charge in [0.2, 0.25) is 5.91 Å². The van der Waals surface area contributed by atoms with Crippen molar-refractivity contribution in [2.45, 2.75) is 19.9 Å². The molecule has 0 spiro atoms. The van der Waals surface area contributed by atoms with Crippen molar-refractivity contribution in [2.24, 2.45) is 5.41 Å². The number of rotatable bonds is 1. The molecule has 2 N–H and O–H groups in total. The summed E-state index contributed by atoms with van der Waals surface area (Å²) >= 11 is 0. The molecule has 1 amide bonds. The molecule has 1 rings (SSSR count). The SMILES string of the molecule is CN1CC(C)(C)CNC(=O)C1CO. The lowest BCUT2D eigenvalue weighted by Crippen LogP contribution is -2.44. The quantitative estimate of drug-likeness (QED) is 0.577. The zero-order valence-corrected chi connectivity index (χ0v) is 8.50. The van der Waals surface area contributed by atoms with Crippen molar-refractivity contribution in [3.63, 3.8) is 0 Å². The van der Waals surface area contributed by atoms with E-state index in [0.29, 0.717) is 6.54 Å². The van der Waals surface area contributed by atoms with Gasteiger partial charge in [-0.2, -0.15) is 0 Å². The molecule has 0 aromatic rings. The molecule has 0 aliphatic carbocycles. The number of aliphatic hydroxyl groups is 1. The Labute approximate surface area is 78.9 Å². The largest absolute Gasteiger partial charge is 0.394 e. The van der Waals surface area contributed by atoms with Crippen LogP contribution >= 0.6 is 0 Å². The summed E-state index contributed by atoms with van der Waals surface area (Å²) in [7, 11) is 1.87. The third-order valence-electron chi connectivity index (χ3n) is 2.43. The van der Waals surface area contributed by atoms with Crippen LogP contribution in [0.3, 0.4) is 0 Å². The van der Waals surface area contributed by atoms with Crippen LogP contribution in [-0.4, -0.2) is 48.7 Å². The fraction of sp³-hybridized carbons (Fsp3) is 0.889. The van der Waals surface area contributed by atoms with Crippen LogP contribution in [0.4, 0.5) is 0 Å². The van der Waals surface area contributed by atoms with E-state index in [0.717, 1.165) is 6.54 Å². The van der Waals surface area contributed by atoms with Crippen LogP contribution in [0.25, 0.3) is 0 Å². The molecule has 1 heterocycles. The van der Waals surface area contributed by atoms with E-state index in [-0.39, 0.29) is 24.0 Å². The number of hydrogen-bond acceptors (Lipinski definition) is 3. The summed E-state index contributed by atoms with van der Waals surface area (Å²) in [5.41, 5.74) is 0.0777. The zero-order chi connectivity index (χ0) is 10.1. The lowest BCUT2D eigenvalue weighted by molar-refractivity contribution is -0.126. The van der Waals surface area contributed by atoms with Crippen LogP contribution in [-0.2, 0) is 4.79 Å². The summed E-state index contributed by atoms with van der Waals surface area (Å²) in [6.45, 7) is 5.58. The fourth-order valence-electron chi connectivity index (χ4n) is 1.71. The Morgan fingerprint density at radius 3 is 2.85 bits per heavy atom. The monoisotopic (exact) mass is 186 g/mol. The van der Waals surface area contributed by atoms with Crippen molar-refractivity contribution >= 4 is 5.91 Å². The predicted molar refractivity (Wildman–Crippen MR) is 50.3 cm³/mol. The molecule has 1 fully saturated rings. The van der Waals surface area contributed by atoms with Crippen LogP contribution in [0.1, 0.15) is 13.8 Å². The van der Waals surface area contributed by atoms with Gasteiger partial charge in [-0.1, -0.05) is 13.8 Å². The molecule has 0 radical (unpaired) electrons. The van der Waals surface area contributed by atoms with Crippen molar-refractivity contribution in [1.82, 2.24) is 10.2 Å². The number of aliphatic hydroxyl groups excluding tert-OH is 1. The summed E-state index contributed by atoms with van der Waals surface area (Å²) in [5.74, 6) is -0.0735. The third-order valence-corrected chi connectivity index (χ3v) is 2.43. The Hall–Kier alpha value is -0.610. The molecule has 0 aromatic heterocycles. The van der Waals surface area contributed by atoms with Crippen LogP contribution in [0.15, 0.2) is 0 Å². The highest BCUT2D eigenvalue weighted by Crippen LogP contribution is 2.19. The van der Waals surface area contributed by atoms with Gasteiger partial charge in [-0.05, 0) is 12.5 Å². The maximum absolute atomic E-state index is 11.4. The smallest absolute Gasteiger partial charge is 0.239 e. The lowest BCUT2D eigenvalue weighted by Gasteiger charge is -2.28. The van der Waals surface area contributed by atoms with E-state index in [9.17, 15) is 4.79 Å². The van der Waals surface area contributed by atoms with E-state index >= 15 is 0 Å². The Morgan fingerprint density at radius 1 is 1.69 bits per heavy atom. The van der Waals surface area contributed by atoms with Crippen LogP contribution in [0, 0.1) is 5.41 Å². The Kier molecular flexibility index (Phi) is 2.93. The van der Waals surface area contributed by atoms with Crippen LogP contribution in [0.5, 0.6) is 0 Å². The third kappa shape index (κ3) is 2.42. The number of likely N-dealkylation sites (N-methyl/N-ethyl adjacent to an activating group) is 1. The first-order valence-corrected chi connectivity index (χ1v) is 4.55. The summed E-state index contributed by atoms with van der Waals surface area (Å²) < 4.78 is 0. The van der Waals surface area contributed by atoms with Gasteiger partial charge < -0.3 is 10.4 Å². The van der Waals surface area contributed by atoms with Gasteiger partial charge >= 0.3 is 0 Å². The van der Waals surface area contributed by atoms with Crippen molar-refractivity contribution in [3.8, 4) is 0 Å². The molecule has 1 atom stereocenters. The Bertz CT molecular complexity index is 204. The van der Waals surface area contributed by atoms with E-state index in [1.54, 1.807) is 0 Å². The van der Waals surface area contributed by atoms with Gasteiger partial charge in [-0.15, -0.1) is 0 Å². The standard InChI is InChI=1S/C9H18N2O2/c1-9(2)5-10-8(13)7(4-12)11(3)6-9/h7,12H,4-6H2,1-3H3,(H,10,13). The van der Waals surface area contributed by atoms with Gasteiger partial charge in [-0.3, -0.25) is 9.69 Å². The number of nitrogens with zero attached hydrogens (tertiary/aromatic N) is 1. The zero-order valence-electron chi connectivity index (χ0n) is 8.50. The van der Waals surface area contributed by atoms with Gasteiger partial charge in [0, 0.05) is 13.1 Å². The number of carbonyl (C=O) groups excluding carboxylic acids is 1. The van der Waals surface area contributed by atoms with Gasteiger partial charge in [0.1, 0.15) is 6.04 Å². The molecule has 1 aliphatic rings. The van der Waals surface area contributed by atoms with Crippen molar-refractivity contribution in [3.05, 3.63) is 0 Å². The second kappa shape index (κ2) is 3.64. The second-order valence-electron chi connectivity index (χ2n) is 4.50. The number of carbonyl (C=O) groups is 1. The highest BCUT2D eigenvalue weighted by molar-refractivity contribution is 5.82. The van der Waals surface area contributed by atoms with E-state index in [1.807, 2.05) is 11.9 Å². The molecule has 13 heavy (non-hydrogen) atoms. The van der Waals surface area contributed by atoms with Gasteiger partial charge in [0.15, 0.2) is 0 Å². The van der Waals surface area contributed by atoms with Gasteiger partial charge in [0.25, 0.3) is 0 Å². The van der Waals surface area contributed by atoms with Gasteiger partial charge in [-0.25, -0.2) is 0 Å². The topological polar surface area (TPSA) is 52.6 Å². The summed E-state index contributed by atoms with van der Waals surface area (Å²) in [4.78, 5) is 13.3. The molecule has 0 bridgehead atoms. The number of nitrogens with one attached hydrogen (secondary N) is 1. The number of hydrogen-bond donors (Lipinski definition) is 2. The average molecular weight is 186 g/mol. The molecular weight excluding hydrogens is 168 g/mol. The summed E-state index contributed by atoms with van der Waals surface area (Å²) in [6.07, 6.45) is 0. The highest BCUT2D eigenvalue weighted by Gasteiger charge is 2.32. The molecular formula is C9H18N2O2. The number of amides is 1. The van der Waals surface area contributed by atoms with Crippen LogP contribution < -0.4 is 5.32 Å². The second-order valence-corrected chi connectivity index (χ2v) is 4.50. The Balaban J connectivity index is 2.75. The summed E-state index contributed by atoms with van der Waals surface area (Å²) in [5, 5.41) is 11.9. The molecule has 1 unspecified atom stereocenters. The minimum Gasteiger partial charge on any atom is -0.394 e. The fourth-order valence-corrected chi connectivity index (χ4v) is 1.71. The Morgan fingerprint density at radius 2 is 2.31 bits per heavy atom. The van der Waals surface area contributed by atoms with Crippen molar-refractivity contribution < 1.29 is 9.90 Å². The van der Waals surface area contributed by atoms with E-state index < -0.39 is 0 Å². The normalized spacial score (nSPS) is 29.5. The molecule has 76 valence electrons. The average Bonchev–Trinajstić information content (AvgIpc) is 2.09. The first kappa shape index (κ1) is 10.5. The molecule has 4 nitrogen and oxygen atoms in total. The first-order valence-electron chi connectivity index (χ1n) is 4.55. The van der Waals surface area contributed by atoms with Crippen molar-refractivity contribution in [1.29, 1.82) is 0 Å².